The number of benzene rings is 1. The predicted octanol–water partition coefficient (Wildman–Crippen LogP) is 2.88. The van der Waals surface area contributed by atoms with Crippen molar-refractivity contribution in [1.29, 1.82) is 0 Å². The standard InChI is InChI=1S/C16H22N2OS/c1-11-4-2-5-12(8-11)10-18-16(19)14-7-3-6-13(9-14)15(17)20/h3,6-7,9,11-12H,2,4-5,8,10H2,1H3,(H2,17,20)(H,18,19). The first-order valence-electron chi connectivity index (χ1n) is 7.24. The van der Waals surface area contributed by atoms with Gasteiger partial charge >= 0.3 is 0 Å². The zero-order chi connectivity index (χ0) is 14.5. The van der Waals surface area contributed by atoms with Gasteiger partial charge in [0.1, 0.15) is 4.99 Å². The first-order valence-corrected chi connectivity index (χ1v) is 7.65. The third-order valence-electron chi connectivity index (χ3n) is 4.01. The van der Waals surface area contributed by atoms with Crippen molar-refractivity contribution in [3.8, 4) is 0 Å². The third kappa shape index (κ3) is 4.04. The van der Waals surface area contributed by atoms with E-state index < -0.39 is 0 Å². The Morgan fingerprint density at radius 3 is 2.85 bits per heavy atom. The molecule has 1 fully saturated rings. The first-order chi connectivity index (χ1) is 9.56. The fourth-order valence-electron chi connectivity index (χ4n) is 2.90. The molecule has 0 radical (unpaired) electrons. The summed E-state index contributed by atoms with van der Waals surface area (Å²) < 4.78 is 0. The van der Waals surface area contributed by atoms with Crippen molar-refractivity contribution in [1.82, 2.24) is 5.32 Å². The maximum atomic E-state index is 12.1. The molecule has 1 aliphatic carbocycles. The second kappa shape index (κ2) is 6.84. The molecule has 0 aromatic heterocycles. The van der Waals surface area contributed by atoms with Gasteiger partial charge in [-0.05, 0) is 36.8 Å². The molecule has 3 nitrogen and oxygen atoms in total. The molecule has 0 spiro atoms. The van der Waals surface area contributed by atoms with Gasteiger partial charge in [-0.3, -0.25) is 4.79 Å². The largest absolute Gasteiger partial charge is 0.389 e. The number of nitrogens with one attached hydrogen (secondary N) is 1. The smallest absolute Gasteiger partial charge is 0.251 e. The maximum Gasteiger partial charge on any atom is 0.251 e. The van der Waals surface area contributed by atoms with Crippen LogP contribution in [0.2, 0.25) is 0 Å². The first kappa shape index (κ1) is 15.0. The van der Waals surface area contributed by atoms with E-state index in [4.69, 9.17) is 18.0 Å². The zero-order valence-electron chi connectivity index (χ0n) is 11.9. The number of hydrogen-bond donors (Lipinski definition) is 2. The summed E-state index contributed by atoms with van der Waals surface area (Å²) in [6.07, 6.45) is 5.03. The summed E-state index contributed by atoms with van der Waals surface area (Å²) in [5.41, 5.74) is 6.95. The highest BCUT2D eigenvalue weighted by Crippen LogP contribution is 2.27. The average Bonchev–Trinajstić information content (AvgIpc) is 2.45. The summed E-state index contributed by atoms with van der Waals surface area (Å²) in [5.74, 6) is 1.35. The molecule has 1 aromatic rings. The molecule has 0 bridgehead atoms. The lowest BCUT2D eigenvalue weighted by Crippen LogP contribution is -2.31. The van der Waals surface area contributed by atoms with Crippen LogP contribution in [0.1, 0.15) is 48.5 Å². The molecule has 0 aliphatic heterocycles. The Balaban J connectivity index is 1.91. The van der Waals surface area contributed by atoms with E-state index in [0.717, 1.165) is 18.0 Å². The van der Waals surface area contributed by atoms with E-state index >= 15 is 0 Å². The van der Waals surface area contributed by atoms with Gasteiger partial charge in [0.05, 0.1) is 0 Å². The van der Waals surface area contributed by atoms with Crippen molar-refractivity contribution in [2.24, 2.45) is 17.6 Å². The average molecular weight is 290 g/mol. The molecular formula is C16H22N2OS. The van der Waals surface area contributed by atoms with E-state index in [-0.39, 0.29) is 5.91 Å². The summed E-state index contributed by atoms with van der Waals surface area (Å²) >= 11 is 4.93. The van der Waals surface area contributed by atoms with Crippen LogP contribution in [0.4, 0.5) is 0 Å². The lowest BCUT2D eigenvalue weighted by atomic mass is 9.82. The zero-order valence-corrected chi connectivity index (χ0v) is 12.7. The van der Waals surface area contributed by atoms with Gasteiger partial charge in [-0.2, -0.15) is 0 Å². The molecule has 1 saturated carbocycles. The molecule has 2 rings (SSSR count). The molecule has 1 aliphatic rings. The van der Waals surface area contributed by atoms with E-state index in [0.29, 0.717) is 16.5 Å². The number of carbonyl (C=O) groups excluding carboxylic acids is 1. The number of carbonyl (C=O) groups is 1. The number of thiocarbonyl (C=S) groups is 1. The summed E-state index contributed by atoms with van der Waals surface area (Å²) in [6.45, 7) is 3.06. The van der Waals surface area contributed by atoms with Gasteiger partial charge in [0.15, 0.2) is 0 Å². The minimum absolute atomic E-state index is 0.0404. The molecule has 3 N–H and O–H groups in total. The molecule has 2 unspecified atom stereocenters. The Morgan fingerprint density at radius 1 is 1.40 bits per heavy atom. The van der Waals surface area contributed by atoms with Gasteiger partial charge in [0.25, 0.3) is 5.91 Å². The molecule has 20 heavy (non-hydrogen) atoms. The van der Waals surface area contributed by atoms with E-state index in [1.54, 1.807) is 12.1 Å². The summed E-state index contributed by atoms with van der Waals surface area (Å²) in [4.78, 5) is 12.5. The molecule has 4 heteroatoms. The Kier molecular flexibility index (Phi) is 5.12. The van der Waals surface area contributed by atoms with Gasteiger partial charge < -0.3 is 11.1 Å². The Bertz CT molecular complexity index is 501. The quantitative estimate of drug-likeness (QED) is 0.838. The van der Waals surface area contributed by atoms with Crippen molar-refractivity contribution in [3.63, 3.8) is 0 Å². The minimum atomic E-state index is -0.0404. The molecule has 1 aromatic carbocycles. The fraction of sp³-hybridized carbons (Fsp3) is 0.500. The number of hydrogen-bond acceptors (Lipinski definition) is 2. The number of amides is 1. The molecule has 0 heterocycles. The topological polar surface area (TPSA) is 55.1 Å². The number of nitrogens with two attached hydrogens (primary N) is 1. The summed E-state index contributed by atoms with van der Waals surface area (Å²) in [7, 11) is 0. The van der Waals surface area contributed by atoms with Crippen LogP contribution in [0.3, 0.4) is 0 Å². The van der Waals surface area contributed by atoms with Gasteiger partial charge in [-0.25, -0.2) is 0 Å². The predicted molar refractivity (Wildman–Crippen MR) is 85.8 cm³/mol. The van der Waals surface area contributed by atoms with E-state index in [1.807, 2.05) is 12.1 Å². The van der Waals surface area contributed by atoms with Crippen molar-refractivity contribution in [2.45, 2.75) is 32.6 Å². The van der Waals surface area contributed by atoms with Crippen molar-refractivity contribution >= 4 is 23.1 Å². The molecule has 2 atom stereocenters. The Hall–Kier alpha value is -1.42. The maximum absolute atomic E-state index is 12.1. The van der Waals surface area contributed by atoms with Crippen molar-refractivity contribution < 1.29 is 4.79 Å². The van der Waals surface area contributed by atoms with Crippen LogP contribution in [0.5, 0.6) is 0 Å². The van der Waals surface area contributed by atoms with Crippen LogP contribution in [-0.4, -0.2) is 17.4 Å². The lowest BCUT2D eigenvalue weighted by molar-refractivity contribution is 0.0940. The molecule has 108 valence electrons. The lowest BCUT2D eigenvalue weighted by Gasteiger charge is -2.26. The van der Waals surface area contributed by atoms with Crippen LogP contribution < -0.4 is 11.1 Å². The Labute approximate surface area is 125 Å². The van der Waals surface area contributed by atoms with Gasteiger partial charge in [-0.15, -0.1) is 0 Å². The van der Waals surface area contributed by atoms with Crippen LogP contribution in [0.15, 0.2) is 24.3 Å². The third-order valence-corrected chi connectivity index (χ3v) is 4.24. The van der Waals surface area contributed by atoms with E-state index in [1.165, 1.54) is 25.7 Å². The van der Waals surface area contributed by atoms with Crippen LogP contribution in [0.25, 0.3) is 0 Å². The summed E-state index contributed by atoms with van der Waals surface area (Å²) in [5, 5.41) is 3.03. The second-order valence-corrected chi connectivity index (χ2v) is 6.23. The molecular weight excluding hydrogens is 268 g/mol. The van der Waals surface area contributed by atoms with Crippen LogP contribution in [0, 0.1) is 11.8 Å². The Morgan fingerprint density at radius 2 is 2.15 bits per heavy atom. The number of rotatable bonds is 4. The summed E-state index contributed by atoms with van der Waals surface area (Å²) in [6, 6.07) is 7.18. The molecule has 0 saturated heterocycles. The second-order valence-electron chi connectivity index (χ2n) is 5.79. The van der Waals surface area contributed by atoms with Crippen molar-refractivity contribution in [3.05, 3.63) is 35.4 Å². The van der Waals surface area contributed by atoms with E-state index in [2.05, 4.69) is 12.2 Å². The SMILES string of the molecule is CC1CCCC(CNC(=O)c2cccc(C(N)=S)c2)C1. The van der Waals surface area contributed by atoms with Gasteiger partial charge in [0.2, 0.25) is 0 Å². The van der Waals surface area contributed by atoms with Crippen molar-refractivity contribution in [2.75, 3.05) is 6.54 Å². The highest BCUT2D eigenvalue weighted by Gasteiger charge is 2.19. The van der Waals surface area contributed by atoms with Crippen LogP contribution in [-0.2, 0) is 0 Å². The van der Waals surface area contributed by atoms with Crippen LogP contribution >= 0.6 is 12.2 Å². The fourth-order valence-corrected chi connectivity index (χ4v) is 3.02. The molecule has 1 amide bonds. The monoisotopic (exact) mass is 290 g/mol. The minimum Gasteiger partial charge on any atom is -0.389 e. The highest BCUT2D eigenvalue weighted by atomic mass is 32.1. The van der Waals surface area contributed by atoms with Gasteiger partial charge in [0, 0.05) is 17.7 Å². The van der Waals surface area contributed by atoms with Gasteiger partial charge in [-0.1, -0.05) is 44.1 Å². The normalized spacial score (nSPS) is 22.2. The highest BCUT2D eigenvalue weighted by molar-refractivity contribution is 7.80. The van der Waals surface area contributed by atoms with E-state index in [9.17, 15) is 4.79 Å².